The maximum Gasteiger partial charge on any atom is 0.315 e. The number of carbonyl (C=O) groups excluding carboxylic acids is 3. The Balaban J connectivity index is 1.68. The number of rotatable bonds is 8. The van der Waals surface area contributed by atoms with E-state index in [1.807, 2.05) is 60.7 Å². The number of carbonyl (C=O) groups is 3. The number of nitrogens with zero attached hydrogens (tertiary/aromatic N) is 2. The standard InChI is InChI=1S/C24H29N3O4/c1-2-31-23(29)15-22(28)27-14-13-26(17-20-11-7-4-8-12-20)18-21(27)24(30)25-16-19-9-5-3-6-10-19/h3-12,21H,2,13-18H2,1H3,(H,25,30). The molecule has 1 heterocycles. The Labute approximate surface area is 183 Å². The van der Waals surface area contributed by atoms with E-state index < -0.39 is 12.0 Å². The lowest BCUT2D eigenvalue weighted by Crippen LogP contribution is -2.60. The van der Waals surface area contributed by atoms with E-state index in [9.17, 15) is 14.4 Å². The summed E-state index contributed by atoms with van der Waals surface area (Å²) in [5.41, 5.74) is 2.13. The van der Waals surface area contributed by atoms with E-state index in [2.05, 4.69) is 10.2 Å². The Kier molecular flexibility index (Phi) is 8.18. The van der Waals surface area contributed by atoms with Gasteiger partial charge in [0.15, 0.2) is 0 Å². The molecular weight excluding hydrogens is 394 g/mol. The van der Waals surface area contributed by atoms with Crippen molar-refractivity contribution in [1.29, 1.82) is 0 Å². The molecule has 7 heteroatoms. The molecule has 1 atom stereocenters. The van der Waals surface area contributed by atoms with E-state index in [0.717, 1.165) is 11.1 Å². The molecule has 0 aliphatic carbocycles. The molecule has 1 aliphatic heterocycles. The number of piperazine rings is 1. The highest BCUT2D eigenvalue weighted by atomic mass is 16.5. The predicted octanol–water partition coefficient (Wildman–Crippen LogP) is 1.97. The molecule has 0 radical (unpaired) electrons. The average molecular weight is 424 g/mol. The van der Waals surface area contributed by atoms with Gasteiger partial charge in [-0.2, -0.15) is 0 Å². The van der Waals surface area contributed by atoms with Gasteiger partial charge in [-0.3, -0.25) is 19.3 Å². The maximum absolute atomic E-state index is 13.0. The number of ether oxygens (including phenoxy) is 1. The van der Waals surface area contributed by atoms with Gasteiger partial charge < -0.3 is 15.0 Å². The van der Waals surface area contributed by atoms with Crippen molar-refractivity contribution in [2.75, 3.05) is 26.2 Å². The minimum Gasteiger partial charge on any atom is -0.466 e. The Morgan fingerprint density at radius 1 is 0.968 bits per heavy atom. The van der Waals surface area contributed by atoms with Gasteiger partial charge in [0.1, 0.15) is 12.5 Å². The summed E-state index contributed by atoms with van der Waals surface area (Å²) in [5, 5.41) is 2.94. The zero-order chi connectivity index (χ0) is 22.1. The van der Waals surface area contributed by atoms with Gasteiger partial charge in [-0.1, -0.05) is 60.7 Å². The van der Waals surface area contributed by atoms with Crippen molar-refractivity contribution in [2.24, 2.45) is 0 Å². The van der Waals surface area contributed by atoms with E-state index in [1.165, 1.54) is 4.90 Å². The van der Waals surface area contributed by atoms with E-state index in [-0.39, 0.29) is 24.8 Å². The molecule has 3 rings (SSSR count). The lowest BCUT2D eigenvalue weighted by Gasteiger charge is -2.40. The zero-order valence-corrected chi connectivity index (χ0v) is 17.8. The minimum absolute atomic E-state index is 0.220. The molecule has 0 aromatic heterocycles. The van der Waals surface area contributed by atoms with Crippen LogP contribution in [0.25, 0.3) is 0 Å². The minimum atomic E-state index is -0.664. The molecule has 2 amide bonds. The van der Waals surface area contributed by atoms with Crippen LogP contribution in [0.4, 0.5) is 0 Å². The van der Waals surface area contributed by atoms with Gasteiger partial charge in [-0.15, -0.1) is 0 Å². The SMILES string of the molecule is CCOC(=O)CC(=O)N1CCN(Cc2ccccc2)CC1C(=O)NCc1ccccc1. The smallest absolute Gasteiger partial charge is 0.315 e. The number of amides is 2. The Bertz CT molecular complexity index is 873. The van der Waals surface area contributed by atoms with Crippen LogP contribution in [0.3, 0.4) is 0 Å². The third-order valence-electron chi connectivity index (χ3n) is 5.25. The highest BCUT2D eigenvalue weighted by molar-refractivity contribution is 5.97. The zero-order valence-electron chi connectivity index (χ0n) is 17.8. The number of benzene rings is 2. The van der Waals surface area contributed by atoms with Crippen molar-refractivity contribution >= 4 is 17.8 Å². The second kappa shape index (κ2) is 11.3. The number of esters is 1. The first-order valence-corrected chi connectivity index (χ1v) is 10.6. The van der Waals surface area contributed by atoms with Gasteiger partial charge >= 0.3 is 5.97 Å². The first-order chi connectivity index (χ1) is 15.1. The molecule has 1 N–H and O–H groups in total. The molecule has 1 unspecified atom stereocenters. The van der Waals surface area contributed by atoms with Crippen molar-refractivity contribution in [3.05, 3.63) is 71.8 Å². The van der Waals surface area contributed by atoms with Gasteiger partial charge in [0.25, 0.3) is 0 Å². The van der Waals surface area contributed by atoms with E-state index in [1.54, 1.807) is 6.92 Å². The van der Waals surface area contributed by atoms with Crippen LogP contribution in [-0.4, -0.2) is 59.9 Å². The second-order valence-electron chi connectivity index (χ2n) is 7.51. The van der Waals surface area contributed by atoms with Crippen LogP contribution in [0.1, 0.15) is 24.5 Å². The molecule has 1 saturated heterocycles. The van der Waals surface area contributed by atoms with Gasteiger partial charge in [0.05, 0.1) is 6.61 Å². The third-order valence-corrected chi connectivity index (χ3v) is 5.25. The van der Waals surface area contributed by atoms with Crippen molar-refractivity contribution < 1.29 is 19.1 Å². The second-order valence-corrected chi connectivity index (χ2v) is 7.51. The Morgan fingerprint density at radius 3 is 2.26 bits per heavy atom. The van der Waals surface area contributed by atoms with Crippen molar-refractivity contribution in [3.63, 3.8) is 0 Å². The first-order valence-electron chi connectivity index (χ1n) is 10.6. The van der Waals surface area contributed by atoms with Gasteiger partial charge in [-0.25, -0.2) is 0 Å². The first kappa shape index (κ1) is 22.5. The van der Waals surface area contributed by atoms with E-state index in [4.69, 9.17) is 4.74 Å². The Morgan fingerprint density at radius 2 is 1.61 bits per heavy atom. The lowest BCUT2D eigenvalue weighted by atomic mass is 10.1. The maximum atomic E-state index is 13.0. The van der Waals surface area contributed by atoms with Crippen LogP contribution in [0.2, 0.25) is 0 Å². The Hall–Kier alpha value is -3.19. The summed E-state index contributed by atoms with van der Waals surface area (Å²) in [5.74, 6) is -1.17. The number of hydrogen-bond donors (Lipinski definition) is 1. The molecule has 0 bridgehead atoms. The number of nitrogens with one attached hydrogen (secondary N) is 1. The van der Waals surface area contributed by atoms with Crippen LogP contribution < -0.4 is 5.32 Å². The molecule has 1 fully saturated rings. The average Bonchev–Trinajstić information content (AvgIpc) is 2.79. The van der Waals surface area contributed by atoms with Crippen molar-refractivity contribution in [2.45, 2.75) is 32.5 Å². The summed E-state index contributed by atoms with van der Waals surface area (Å²) in [6.45, 7) is 4.42. The molecule has 31 heavy (non-hydrogen) atoms. The third kappa shape index (κ3) is 6.65. The van der Waals surface area contributed by atoms with Crippen LogP contribution in [0.15, 0.2) is 60.7 Å². The fourth-order valence-electron chi connectivity index (χ4n) is 3.69. The molecule has 1 aliphatic rings. The van der Waals surface area contributed by atoms with Gasteiger partial charge in [0, 0.05) is 32.7 Å². The summed E-state index contributed by atoms with van der Waals surface area (Å²) < 4.78 is 4.91. The lowest BCUT2D eigenvalue weighted by molar-refractivity contribution is -0.153. The van der Waals surface area contributed by atoms with Gasteiger partial charge in [-0.05, 0) is 18.1 Å². The summed E-state index contributed by atoms with van der Waals surface area (Å²) in [4.78, 5) is 41.3. The van der Waals surface area contributed by atoms with Gasteiger partial charge in [0.2, 0.25) is 11.8 Å². The molecule has 0 spiro atoms. The fourth-order valence-corrected chi connectivity index (χ4v) is 3.69. The summed E-state index contributed by atoms with van der Waals surface area (Å²) in [6.07, 6.45) is -0.352. The summed E-state index contributed by atoms with van der Waals surface area (Å²) >= 11 is 0. The van der Waals surface area contributed by atoms with Crippen LogP contribution >= 0.6 is 0 Å². The summed E-state index contributed by atoms with van der Waals surface area (Å²) in [7, 11) is 0. The molecule has 2 aromatic rings. The molecule has 0 saturated carbocycles. The monoisotopic (exact) mass is 423 g/mol. The largest absolute Gasteiger partial charge is 0.466 e. The number of hydrogen-bond acceptors (Lipinski definition) is 5. The van der Waals surface area contributed by atoms with Crippen molar-refractivity contribution in [1.82, 2.24) is 15.1 Å². The molecule has 7 nitrogen and oxygen atoms in total. The fraction of sp³-hybridized carbons (Fsp3) is 0.375. The normalized spacial score (nSPS) is 16.5. The topological polar surface area (TPSA) is 79.0 Å². The quantitative estimate of drug-likeness (QED) is 0.519. The van der Waals surface area contributed by atoms with Crippen LogP contribution in [-0.2, 0) is 32.2 Å². The highest BCUT2D eigenvalue weighted by Crippen LogP contribution is 2.15. The summed E-state index contributed by atoms with van der Waals surface area (Å²) in [6, 6.07) is 19.0. The van der Waals surface area contributed by atoms with Crippen LogP contribution in [0, 0.1) is 0 Å². The van der Waals surface area contributed by atoms with Crippen LogP contribution in [0.5, 0.6) is 0 Å². The van der Waals surface area contributed by atoms with E-state index >= 15 is 0 Å². The molecule has 164 valence electrons. The molecule has 2 aromatic carbocycles. The predicted molar refractivity (Wildman–Crippen MR) is 117 cm³/mol. The molecular formula is C24H29N3O4. The van der Waals surface area contributed by atoms with E-state index in [0.29, 0.717) is 32.7 Å². The highest BCUT2D eigenvalue weighted by Gasteiger charge is 2.35. The van der Waals surface area contributed by atoms with Crippen molar-refractivity contribution in [3.8, 4) is 0 Å².